The molecule has 0 saturated carbocycles. The van der Waals surface area contributed by atoms with Crippen LogP contribution in [0.15, 0.2) is 40.5 Å². The Kier molecular flexibility index (Phi) is 7.03. The van der Waals surface area contributed by atoms with Crippen molar-refractivity contribution in [1.29, 1.82) is 0 Å². The van der Waals surface area contributed by atoms with Gasteiger partial charge < -0.3 is 19.2 Å². The van der Waals surface area contributed by atoms with E-state index in [1.807, 2.05) is 0 Å². The summed E-state index contributed by atoms with van der Waals surface area (Å²) in [6.45, 7) is 3.73. The topological polar surface area (TPSA) is 116 Å². The zero-order valence-electron chi connectivity index (χ0n) is 14.3. The maximum atomic E-state index is 11.7. The molecule has 1 aromatic carbocycles. The number of hydrogen-bond acceptors (Lipinski definition) is 8. The first-order valence-electron chi connectivity index (χ1n) is 7.44. The van der Waals surface area contributed by atoms with Crippen LogP contribution in [-0.2, 0) is 4.79 Å². The number of methoxy groups -OCH3 is 2. The van der Waals surface area contributed by atoms with E-state index in [1.54, 1.807) is 25.3 Å². The zero-order valence-corrected chi connectivity index (χ0v) is 15.1. The number of benzene rings is 1. The predicted molar refractivity (Wildman–Crippen MR) is 95.3 cm³/mol. The van der Waals surface area contributed by atoms with Crippen LogP contribution in [-0.4, -0.2) is 48.7 Å². The summed E-state index contributed by atoms with van der Waals surface area (Å²) in [6.07, 6.45) is 1.51. The average molecular weight is 378 g/mol. The largest absolute Gasteiger partial charge is 0.493 e. The van der Waals surface area contributed by atoms with E-state index >= 15 is 0 Å². The monoisotopic (exact) mass is 378 g/mol. The average Bonchev–Trinajstić information content (AvgIpc) is 3.13. The number of thioether (sulfide) groups is 1. The molecule has 0 aliphatic carbocycles. The Morgan fingerprint density at radius 2 is 2.04 bits per heavy atom. The first-order chi connectivity index (χ1) is 12.6. The number of nitrogens with one attached hydrogen (secondary N) is 2. The molecule has 0 bridgehead atoms. The van der Waals surface area contributed by atoms with E-state index in [0.717, 1.165) is 11.8 Å². The maximum absolute atomic E-state index is 11.7. The second-order valence-corrected chi connectivity index (χ2v) is 5.71. The van der Waals surface area contributed by atoms with Gasteiger partial charge >= 0.3 is 6.03 Å². The van der Waals surface area contributed by atoms with Gasteiger partial charge in [0.05, 0.1) is 20.0 Å². The Labute approximate surface area is 154 Å². The summed E-state index contributed by atoms with van der Waals surface area (Å²) in [5, 5.41) is 12.6. The van der Waals surface area contributed by atoms with Crippen LogP contribution in [0.25, 0.3) is 11.5 Å². The van der Waals surface area contributed by atoms with Gasteiger partial charge in [0, 0.05) is 12.1 Å². The van der Waals surface area contributed by atoms with Crippen molar-refractivity contribution in [2.45, 2.75) is 5.22 Å². The Morgan fingerprint density at radius 3 is 2.73 bits per heavy atom. The smallest absolute Gasteiger partial charge is 0.321 e. The summed E-state index contributed by atoms with van der Waals surface area (Å²) in [6, 6.07) is 4.59. The summed E-state index contributed by atoms with van der Waals surface area (Å²) in [4.78, 5) is 23.0. The molecule has 0 aliphatic rings. The summed E-state index contributed by atoms with van der Waals surface area (Å²) < 4.78 is 15.9. The molecule has 0 unspecified atom stereocenters. The molecule has 0 aliphatic heterocycles. The number of imide groups is 1. The van der Waals surface area contributed by atoms with Crippen LogP contribution in [0.5, 0.6) is 11.5 Å². The SMILES string of the molecule is C=CCNC(=O)NC(=O)CSc1nnc(-c2ccc(OC)c(OC)c2)o1. The van der Waals surface area contributed by atoms with Gasteiger partial charge in [0.25, 0.3) is 5.22 Å². The van der Waals surface area contributed by atoms with Crippen LogP contribution < -0.4 is 20.1 Å². The minimum Gasteiger partial charge on any atom is -0.493 e. The lowest BCUT2D eigenvalue weighted by Gasteiger charge is -2.07. The van der Waals surface area contributed by atoms with Crippen molar-refractivity contribution < 1.29 is 23.5 Å². The fourth-order valence-corrected chi connectivity index (χ4v) is 2.42. The zero-order chi connectivity index (χ0) is 18.9. The molecule has 0 atom stereocenters. The van der Waals surface area contributed by atoms with E-state index in [4.69, 9.17) is 13.9 Å². The Hall–Kier alpha value is -3.01. The summed E-state index contributed by atoms with van der Waals surface area (Å²) in [7, 11) is 3.07. The second-order valence-electron chi connectivity index (χ2n) is 4.78. The van der Waals surface area contributed by atoms with Crippen molar-refractivity contribution in [3.8, 4) is 23.0 Å². The normalized spacial score (nSPS) is 10.1. The Morgan fingerprint density at radius 1 is 1.27 bits per heavy atom. The Bertz CT molecular complexity index is 793. The van der Waals surface area contributed by atoms with Gasteiger partial charge in [-0.2, -0.15) is 0 Å². The highest BCUT2D eigenvalue weighted by molar-refractivity contribution is 7.99. The van der Waals surface area contributed by atoms with Gasteiger partial charge in [0.1, 0.15) is 0 Å². The quantitative estimate of drug-likeness (QED) is 0.528. The third-order valence-electron chi connectivity index (χ3n) is 3.02. The highest BCUT2D eigenvalue weighted by atomic mass is 32.2. The summed E-state index contributed by atoms with van der Waals surface area (Å²) >= 11 is 1.02. The molecule has 3 amide bonds. The number of nitrogens with zero attached hydrogens (tertiary/aromatic N) is 2. The molecule has 2 rings (SSSR count). The number of ether oxygens (including phenoxy) is 2. The van der Waals surface area contributed by atoms with Crippen LogP contribution >= 0.6 is 11.8 Å². The van der Waals surface area contributed by atoms with Gasteiger partial charge in [-0.25, -0.2) is 4.79 Å². The molecule has 0 spiro atoms. The highest BCUT2D eigenvalue weighted by Gasteiger charge is 2.14. The molecule has 0 fully saturated rings. The molecule has 26 heavy (non-hydrogen) atoms. The second kappa shape index (κ2) is 9.47. The molecular formula is C16H18N4O5S. The van der Waals surface area contributed by atoms with E-state index in [9.17, 15) is 9.59 Å². The van der Waals surface area contributed by atoms with E-state index in [0.29, 0.717) is 17.1 Å². The third kappa shape index (κ3) is 5.24. The maximum Gasteiger partial charge on any atom is 0.321 e. The van der Waals surface area contributed by atoms with Crippen molar-refractivity contribution in [2.24, 2.45) is 0 Å². The fraction of sp³-hybridized carbons (Fsp3) is 0.250. The van der Waals surface area contributed by atoms with Crippen LogP contribution in [0.4, 0.5) is 4.79 Å². The van der Waals surface area contributed by atoms with Crippen LogP contribution in [0.1, 0.15) is 0 Å². The van der Waals surface area contributed by atoms with Crippen LogP contribution in [0.2, 0.25) is 0 Å². The van der Waals surface area contributed by atoms with Gasteiger partial charge in [-0.1, -0.05) is 17.8 Å². The third-order valence-corrected chi connectivity index (χ3v) is 3.84. The standard InChI is InChI=1S/C16H18N4O5S/c1-4-7-17-15(22)18-13(21)9-26-16-20-19-14(25-16)10-5-6-11(23-2)12(8-10)24-3/h4-6,8H,1,7,9H2,2-3H3,(H2,17,18,21,22). The van der Waals surface area contributed by atoms with Gasteiger partial charge in [0.15, 0.2) is 11.5 Å². The predicted octanol–water partition coefficient (Wildman–Crippen LogP) is 1.86. The number of amides is 3. The van der Waals surface area contributed by atoms with E-state index in [1.165, 1.54) is 13.2 Å². The highest BCUT2D eigenvalue weighted by Crippen LogP contribution is 2.32. The molecule has 2 N–H and O–H groups in total. The minimum absolute atomic E-state index is 0.0466. The van der Waals surface area contributed by atoms with Gasteiger partial charge in [-0.3, -0.25) is 10.1 Å². The van der Waals surface area contributed by atoms with Crippen molar-refractivity contribution in [3.05, 3.63) is 30.9 Å². The van der Waals surface area contributed by atoms with Crippen LogP contribution in [0.3, 0.4) is 0 Å². The van der Waals surface area contributed by atoms with Crippen molar-refractivity contribution in [1.82, 2.24) is 20.8 Å². The fourth-order valence-electron chi connectivity index (χ4n) is 1.85. The molecule has 138 valence electrons. The number of carbonyl (C=O) groups excluding carboxylic acids is 2. The Balaban J connectivity index is 1.94. The molecule has 1 aromatic heterocycles. The van der Waals surface area contributed by atoms with Crippen molar-refractivity contribution in [3.63, 3.8) is 0 Å². The number of aromatic nitrogens is 2. The number of hydrogen-bond donors (Lipinski definition) is 2. The van der Waals surface area contributed by atoms with Crippen molar-refractivity contribution >= 4 is 23.7 Å². The summed E-state index contributed by atoms with van der Waals surface area (Å²) in [5.74, 6) is 0.855. The van der Waals surface area contributed by atoms with E-state index < -0.39 is 11.9 Å². The van der Waals surface area contributed by atoms with Gasteiger partial charge in [-0.05, 0) is 18.2 Å². The lowest BCUT2D eigenvalue weighted by molar-refractivity contribution is -0.117. The number of carbonyl (C=O) groups is 2. The lowest BCUT2D eigenvalue weighted by Crippen LogP contribution is -2.40. The van der Waals surface area contributed by atoms with Gasteiger partial charge in [0.2, 0.25) is 11.8 Å². The van der Waals surface area contributed by atoms with Gasteiger partial charge in [-0.15, -0.1) is 16.8 Å². The van der Waals surface area contributed by atoms with Crippen LogP contribution in [0, 0.1) is 0 Å². The summed E-state index contributed by atoms with van der Waals surface area (Å²) in [5.41, 5.74) is 0.648. The van der Waals surface area contributed by atoms with Crippen molar-refractivity contribution in [2.75, 3.05) is 26.5 Å². The molecule has 0 saturated heterocycles. The molecule has 2 aromatic rings. The molecule has 9 nitrogen and oxygen atoms in total. The van der Waals surface area contributed by atoms with E-state index in [-0.39, 0.29) is 23.4 Å². The number of urea groups is 1. The lowest BCUT2D eigenvalue weighted by atomic mass is 10.2. The first kappa shape index (κ1) is 19.3. The number of rotatable bonds is 8. The first-order valence-corrected chi connectivity index (χ1v) is 8.43. The minimum atomic E-state index is -0.591. The molecule has 1 heterocycles. The molecular weight excluding hydrogens is 360 g/mol. The van der Waals surface area contributed by atoms with E-state index in [2.05, 4.69) is 27.4 Å². The molecule has 0 radical (unpaired) electrons. The molecule has 10 heteroatoms.